The third-order valence-corrected chi connectivity index (χ3v) is 4.48. The molecular formula is C19H26N4O3. The van der Waals surface area contributed by atoms with Gasteiger partial charge in [-0.1, -0.05) is 17.3 Å². The Labute approximate surface area is 153 Å². The highest BCUT2D eigenvalue weighted by molar-refractivity contribution is 5.74. The van der Waals surface area contributed by atoms with Gasteiger partial charge in [0.1, 0.15) is 11.8 Å². The van der Waals surface area contributed by atoms with Crippen molar-refractivity contribution in [3.63, 3.8) is 0 Å². The molecule has 1 aliphatic rings. The molecule has 0 aliphatic carbocycles. The predicted molar refractivity (Wildman–Crippen MR) is 97.1 cm³/mol. The maximum Gasteiger partial charge on any atom is 0.320 e. The first-order valence-corrected chi connectivity index (χ1v) is 9.04. The molecule has 7 heteroatoms. The lowest BCUT2D eigenvalue weighted by Gasteiger charge is -2.35. The number of benzene rings is 1. The zero-order valence-corrected chi connectivity index (χ0v) is 15.6. The van der Waals surface area contributed by atoms with Gasteiger partial charge in [0, 0.05) is 27.1 Å². The van der Waals surface area contributed by atoms with E-state index in [2.05, 4.69) is 10.1 Å². The van der Waals surface area contributed by atoms with Crippen LogP contribution in [0, 0.1) is 6.92 Å². The van der Waals surface area contributed by atoms with E-state index < -0.39 is 0 Å². The van der Waals surface area contributed by atoms with E-state index in [9.17, 15) is 4.79 Å². The third kappa shape index (κ3) is 4.33. The van der Waals surface area contributed by atoms with Crippen molar-refractivity contribution in [2.24, 2.45) is 0 Å². The summed E-state index contributed by atoms with van der Waals surface area (Å²) in [5, 5.41) is 4.06. The van der Waals surface area contributed by atoms with Crippen LogP contribution in [0.15, 0.2) is 28.8 Å². The maximum absolute atomic E-state index is 12.4. The van der Waals surface area contributed by atoms with Gasteiger partial charge in [0.25, 0.3) is 0 Å². The van der Waals surface area contributed by atoms with Crippen LogP contribution in [0.1, 0.15) is 42.6 Å². The van der Waals surface area contributed by atoms with E-state index >= 15 is 0 Å². The van der Waals surface area contributed by atoms with Crippen LogP contribution in [0.25, 0.3) is 0 Å². The molecule has 1 unspecified atom stereocenters. The van der Waals surface area contributed by atoms with Crippen LogP contribution >= 0.6 is 0 Å². The van der Waals surface area contributed by atoms with Gasteiger partial charge in [0.2, 0.25) is 5.89 Å². The Morgan fingerprint density at radius 1 is 1.38 bits per heavy atom. The Bertz CT molecular complexity index is 744. The van der Waals surface area contributed by atoms with Gasteiger partial charge in [-0.25, -0.2) is 4.79 Å². The van der Waals surface area contributed by atoms with Crippen LogP contribution < -0.4 is 4.74 Å². The van der Waals surface area contributed by atoms with Crippen molar-refractivity contribution < 1.29 is 14.1 Å². The minimum absolute atomic E-state index is 0.0165. The summed E-state index contributed by atoms with van der Waals surface area (Å²) in [4.78, 5) is 20.3. The van der Waals surface area contributed by atoms with E-state index in [1.807, 2.05) is 36.1 Å². The fourth-order valence-corrected chi connectivity index (χ4v) is 3.14. The Morgan fingerprint density at radius 3 is 3.00 bits per heavy atom. The summed E-state index contributed by atoms with van der Waals surface area (Å²) >= 11 is 0. The molecule has 1 saturated heterocycles. The van der Waals surface area contributed by atoms with Crippen LogP contribution in [0.5, 0.6) is 5.75 Å². The van der Waals surface area contributed by atoms with Gasteiger partial charge in [-0.2, -0.15) is 4.98 Å². The number of carbonyl (C=O) groups is 1. The molecule has 0 saturated carbocycles. The number of aromatic nitrogens is 2. The van der Waals surface area contributed by atoms with E-state index in [0.29, 0.717) is 24.7 Å². The molecule has 3 rings (SSSR count). The van der Waals surface area contributed by atoms with Gasteiger partial charge in [-0.3, -0.25) is 0 Å². The predicted octanol–water partition coefficient (Wildman–Crippen LogP) is 3.21. The van der Waals surface area contributed by atoms with Gasteiger partial charge in [-0.15, -0.1) is 0 Å². The second kappa shape index (κ2) is 8.21. The average Bonchev–Trinajstić information content (AvgIpc) is 3.10. The number of piperidine rings is 1. The molecule has 140 valence electrons. The number of amides is 2. The molecule has 2 heterocycles. The van der Waals surface area contributed by atoms with E-state index in [0.717, 1.165) is 37.1 Å². The molecule has 7 nitrogen and oxygen atoms in total. The van der Waals surface area contributed by atoms with Crippen molar-refractivity contribution >= 4 is 6.03 Å². The highest BCUT2D eigenvalue weighted by Gasteiger charge is 2.32. The number of aryl methyl sites for hydroxylation is 1. The molecule has 2 aromatic rings. The zero-order chi connectivity index (χ0) is 18.5. The highest BCUT2D eigenvalue weighted by atomic mass is 16.5. The van der Waals surface area contributed by atoms with E-state index in [4.69, 9.17) is 9.26 Å². The first-order chi connectivity index (χ1) is 12.5. The number of hydrogen-bond donors (Lipinski definition) is 0. The van der Waals surface area contributed by atoms with E-state index in [1.54, 1.807) is 19.0 Å². The Hall–Kier alpha value is -2.57. The van der Waals surface area contributed by atoms with Gasteiger partial charge in [-0.05, 0) is 43.9 Å². The SMILES string of the molecule is Cc1cccc(OCCc2noc(C3CCCCN3C(=O)N(C)C)n2)c1. The standard InChI is InChI=1S/C19H26N4O3/c1-14-7-6-8-15(13-14)25-12-10-17-20-18(26-21-17)16-9-4-5-11-23(16)19(24)22(2)3/h6-8,13,16H,4-5,9-12H2,1-3H3. The monoisotopic (exact) mass is 358 g/mol. The fraction of sp³-hybridized carbons (Fsp3) is 0.526. The molecule has 1 aliphatic heterocycles. The largest absolute Gasteiger partial charge is 0.493 e. The van der Waals surface area contributed by atoms with Gasteiger partial charge in [0.15, 0.2) is 5.82 Å². The number of urea groups is 1. The second-order valence-corrected chi connectivity index (χ2v) is 6.85. The van der Waals surface area contributed by atoms with Crippen LogP contribution in [0.4, 0.5) is 4.79 Å². The molecule has 0 bridgehead atoms. The molecule has 1 aromatic heterocycles. The Balaban J connectivity index is 1.60. The topological polar surface area (TPSA) is 71.7 Å². The summed E-state index contributed by atoms with van der Waals surface area (Å²) in [7, 11) is 3.52. The molecule has 0 radical (unpaired) electrons. The van der Waals surface area contributed by atoms with Gasteiger partial charge < -0.3 is 19.1 Å². The van der Waals surface area contributed by atoms with Crippen molar-refractivity contribution in [1.82, 2.24) is 19.9 Å². The summed E-state index contributed by atoms with van der Waals surface area (Å²) in [6, 6.07) is 7.77. The Kier molecular flexibility index (Phi) is 5.75. The zero-order valence-electron chi connectivity index (χ0n) is 15.6. The van der Waals surface area contributed by atoms with E-state index in [-0.39, 0.29) is 12.1 Å². The van der Waals surface area contributed by atoms with Crippen LogP contribution in [0.3, 0.4) is 0 Å². The number of ether oxygens (including phenoxy) is 1. The summed E-state index contributed by atoms with van der Waals surface area (Å²) < 4.78 is 11.2. The molecular weight excluding hydrogens is 332 g/mol. The second-order valence-electron chi connectivity index (χ2n) is 6.85. The summed E-state index contributed by atoms with van der Waals surface area (Å²) in [6.45, 7) is 3.23. The lowest BCUT2D eigenvalue weighted by molar-refractivity contribution is 0.113. The van der Waals surface area contributed by atoms with Crippen LogP contribution in [0.2, 0.25) is 0 Å². The molecule has 1 fully saturated rings. The fourth-order valence-electron chi connectivity index (χ4n) is 3.14. The molecule has 1 aromatic carbocycles. The maximum atomic E-state index is 12.4. The molecule has 0 N–H and O–H groups in total. The number of rotatable bonds is 5. The first kappa shape index (κ1) is 18.2. The number of likely N-dealkylation sites (tertiary alicyclic amines) is 1. The van der Waals surface area contributed by atoms with Crippen LogP contribution in [-0.4, -0.2) is 53.2 Å². The highest BCUT2D eigenvalue weighted by Crippen LogP contribution is 2.30. The van der Waals surface area contributed by atoms with Crippen molar-refractivity contribution in [3.05, 3.63) is 41.5 Å². The summed E-state index contributed by atoms with van der Waals surface area (Å²) in [5.74, 6) is 1.96. The third-order valence-electron chi connectivity index (χ3n) is 4.48. The number of nitrogens with zero attached hydrogens (tertiary/aromatic N) is 4. The smallest absolute Gasteiger partial charge is 0.320 e. The van der Waals surface area contributed by atoms with Gasteiger partial charge in [0.05, 0.1) is 6.61 Å². The van der Waals surface area contributed by atoms with Crippen molar-refractivity contribution in [2.75, 3.05) is 27.2 Å². The molecule has 0 spiro atoms. The lowest BCUT2D eigenvalue weighted by Crippen LogP contribution is -2.44. The average molecular weight is 358 g/mol. The summed E-state index contributed by atoms with van der Waals surface area (Å²) in [5.41, 5.74) is 1.16. The quantitative estimate of drug-likeness (QED) is 0.821. The first-order valence-electron chi connectivity index (χ1n) is 9.04. The van der Waals surface area contributed by atoms with E-state index in [1.165, 1.54) is 0 Å². The van der Waals surface area contributed by atoms with Crippen LogP contribution in [-0.2, 0) is 6.42 Å². The summed E-state index contributed by atoms with van der Waals surface area (Å²) in [6.07, 6.45) is 3.46. The van der Waals surface area contributed by atoms with Crippen molar-refractivity contribution in [1.29, 1.82) is 0 Å². The number of hydrogen-bond acceptors (Lipinski definition) is 5. The molecule has 26 heavy (non-hydrogen) atoms. The molecule has 2 amide bonds. The van der Waals surface area contributed by atoms with Gasteiger partial charge >= 0.3 is 6.03 Å². The molecule has 1 atom stereocenters. The van der Waals surface area contributed by atoms with Crippen molar-refractivity contribution in [3.8, 4) is 5.75 Å². The van der Waals surface area contributed by atoms with Crippen molar-refractivity contribution in [2.45, 2.75) is 38.6 Å². The normalized spacial score (nSPS) is 17.2. The minimum Gasteiger partial charge on any atom is -0.493 e. The lowest BCUT2D eigenvalue weighted by atomic mass is 10.0. The number of carbonyl (C=O) groups excluding carboxylic acids is 1. The Morgan fingerprint density at radius 2 is 2.23 bits per heavy atom. The minimum atomic E-state index is -0.141.